The second-order valence-electron chi connectivity index (χ2n) is 8.42. The van der Waals surface area contributed by atoms with E-state index in [1.165, 1.54) is 29.2 Å². The molecule has 3 heterocycles. The van der Waals surface area contributed by atoms with E-state index in [1.807, 2.05) is 9.80 Å². The number of carbonyl (C=O) groups excluding carboxylic acids is 1. The van der Waals surface area contributed by atoms with Crippen molar-refractivity contribution in [3.63, 3.8) is 0 Å². The van der Waals surface area contributed by atoms with Crippen molar-refractivity contribution in [2.75, 3.05) is 32.8 Å². The van der Waals surface area contributed by atoms with Crippen LogP contribution in [0.15, 0.2) is 58.7 Å². The molecule has 2 aromatic carbocycles. The maximum Gasteiger partial charge on any atom is 0.260 e. The van der Waals surface area contributed by atoms with E-state index in [0.29, 0.717) is 61.8 Å². The van der Waals surface area contributed by atoms with E-state index in [4.69, 9.17) is 0 Å². The van der Waals surface area contributed by atoms with Gasteiger partial charge in [-0.3, -0.25) is 19.6 Å². The van der Waals surface area contributed by atoms with Gasteiger partial charge in [-0.25, -0.2) is 13.2 Å². The summed E-state index contributed by atoms with van der Waals surface area (Å²) < 4.78 is 40.7. The van der Waals surface area contributed by atoms with Gasteiger partial charge in [-0.2, -0.15) is 0 Å². The Labute approximate surface area is 189 Å². The number of aliphatic hydroxyl groups excluding tert-OH is 1. The molecule has 0 fully saturated rings. The predicted molar refractivity (Wildman–Crippen MR) is 115 cm³/mol. The minimum absolute atomic E-state index is 0.264. The van der Waals surface area contributed by atoms with Crippen LogP contribution in [0.2, 0.25) is 0 Å². The summed E-state index contributed by atoms with van der Waals surface area (Å²) in [5, 5.41) is 10.2. The minimum atomic E-state index is -0.709. The highest BCUT2D eigenvalue weighted by Gasteiger charge is 2.44. The number of amides is 1. The van der Waals surface area contributed by atoms with Crippen molar-refractivity contribution in [1.82, 2.24) is 14.7 Å². The van der Waals surface area contributed by atoms with Gasteiger partial charge in [0.05, 0.1) is 24.8 Å². The summed E-state index contributed by atoms with van der Waals surface area (Å²) in [7, 11) is 0. The molecule has 0 radical (unpaired) electrons. The van der Waals surface area contributed by atoms with Crippen LogP contribution in [0.25, 0.3) is 0 Å². The molecule has 0 aromatic heterocycles. The Hall–Kier alpha value is -3.17. The second-order valence-corrected chi connectivity index (χ2v) is 8.42. The molecule has 5 rings (SSSR count). The van der Waals surface area contributed by atoms with Gasteiger partial charge in [0, 0.05) is 44.4 Å². The van der Waals surface area contributed by atoms with E-state index in [9.17, 15) is 23.1 Å². The Morgan fingerprint density at radius 2 is 1.73 bits per heavy atom. The van der Waals surface area contributed by atoms with E-state index in [2.05, 4.69) is 4.99 Å². The van der Waals surface area contributed by atoms with E-state index in [0.717, 1.165) is 11.8 Å². The average Bonchev–Trinajstić information content (AvgIpc) is 3.26. The summed E-state index contributed by atoms with van der Waals surface area (Å²) in [4.78, 5) is 23.7. The summed E-state index contributed by atoms with van der Waals surface area (Å²) in [5.74, 6) is -1.43. The highest BCUT2D eigenvalue weighted by atomic mass is 19.1. The first-order valence-electron chi connectivity index (χ1n) is 10.9. The van der Waals surface area contributed by atoms with Gasteiger partial charge < -0.3 is 10.0 Å². The fraction of sp³-hybridized carbons (Fsp3) is 0.333. The molecule has 0 unspecified atom stereocenters. The van der Waals surface area contributed by atoms with Gasteiger partial charge in [-0.05, 0) is 35.4 Å². The number of rotatable bonds is 5. The molecule has 3 aliphatic heterocycles. The monoisotopic (exact) mass is 456 g/mol. The SMILES string of the molecule is O=C1C2=C(CCN(Cc3cc(F)cc(F)c3)C2)N2CCN=C2N1[C@@H](CO)c1ccc(F)cc1. The lowest BCUT2D eigenvalue weighted by atomic mass is 9.97. The number of halogens is 3. The van der Waals surface area contributed by atoms with Crippen molar-refractivity contribution in [2.24, 2.45) is 4.99 Å². The fourth-order valence-corrected chi connectivity index (χ4v) is 4.83. The molecule has 6 nitrogen and oxygen atoms in total. The zero-order chi connectivity index (χ0) is 23.1. The van der Waals surface area contributed by atoms with Crippen LogP contribution < -0.4 is 0 Å². The van der Waals surface area contributed by atoms with Crippen molar-refractivity contribution in [1.29, 1.82) is 0 Å². The fourth-order valence-electron chi connectivity index (χ4n) is 4.83. The summed E-state index contributed by atoms with van der Waals surface area (Å²) in [5.41, 5.74) is 2.60. The minimum Gasteiger partial charge on any atom is -0.394 e. The van der Waals surface area contributed by atoms with Crippen LogP contribution in [0.3, 0.4) is 0 Å². The third-order valence-corrected chi connectivity index (χ3v) is 6.30. The van der Waals surface area contributed by atoms with E-state index < -0.39 is 23.5 Å². The molecular formula is C24H23F3N4O2. The van der Waals surface area contributed by atoms with Gasteiger partial charge in [-0.15, -0.1) is 0 Å². The first-order chi connectivity index (χ1) is 15.9. The lowest BCUT2D eigenvalue weighted by Crippen LogP contribution is -2.55. The van der Waals surface area contributed by atoms with Crippen LogP contribution in [0.4, 0.5) is 13.2 Å². The number of hydrogen-bond acceptors (Lipinski definition) is 5. The average molecular weight is 456 g/mol. The van der Waals surface area contributed by atoms with E-state index >= 15 is 0 Å². The molecule has 1 amide bonds. The van der Waals surface area contributed by atoms with E-state index in [-0.39, 0.29) is 12.5 Å². The molecule has 33 heavy (non-hydrogen) atoms. The summed E-state index contributed by atoms with van der Waals surface area (Å²) >= 11 is 0. The molecular weight excluding hydrogens is 433 g/mol. The molecule has 0 spiro atoms. The van der Waals surface area contributed by atoms with Crippen molar-refractivity contribution in [3.05, 3.63) is 82.3 Å². The number of benzene rings is 2. The van der Waals surface area contributed by atoms with Crippen LogP contribution in [-0.4, -0.2) is 64.5 Å². The lowest BCUT2D eigenvalue weighted by Gasteiger charge is -2.44. The number of carbonyl (C=O) groups is 1. The summed E-state index contributed by atoms with van der Waals surface area (Å²) in [6.07, 6.45) is 0.603. The van der Waals surface area contributed by atoms with Gasteiger partial charge in [0.2, 0.25) is 5.96 Å². The number of fused-ring (bicyclic) bond motifs is 2. The maximum atomic E-state index is 13.7. The highest BCUT2D eigenvalue weighted by Crippen LogP contribution is 2.35. The summed E-state index contributed by atoms with van der Waals surface area (Å²) in [6, 6.07) is 8.42. The molecule has 0 saturated carbocycles. The Bertz CT molecular complexity index is 1130. The molecule has 1 N–H and O–H groups in total. The highest BCUT2D eigenvalue weighted by molar-refractivity contribution is 6.10. The third kappa shape index (κ3) is 4.02. The van der Waals surface area contributed by atoms with Gasteiger partial charge in [0.25, 0.3) is 5.91 Å². The van der Waals surface area contributed by atoms with Crippen LogP contribution in [-0.2, 0) is 11.3 Å². The van der Waals surface area contributed by atoms with Crippen LogP contribution >= 0.6 is 0 Å². The van der Waals surface area contributed by atoms with Crippen molar-refractivity contribution in [2.45, 2.75) is 19.0 Å². The standard InChI is InChI=1S/C24H23F3N4O2/c25-17-3-1-16(2-4-17)22(14-32)31-23(33)20-13-29(12-15-9-18(26)11-19(27)10-15)7-5-21(20)30-8-6-28-24(30)31/h1-4,9-11,22,32H,5-8,12-14H2/t22-/m0/s1. The Kier molecular flexibility index (Phi) is 5.67. The van der Waals surface area contributed by atoms with Crippen LogP contribution in [0.1, 0.15) is 23.6 Å². The van der Waals surface area contributed by atoms with Gasteiger partial charge >= 0.3 is 0 Å². The maximum absolute atomic E-state index is 13.7. The Morgan fingerprint density at radius 3 is 2.42 bits per heavy atom. The second kappa shape index (κ2) is 8.64. The first-order valence-corrected chi connectivity index (χ1v) is 10.9. The molecule has 0 bridgehead atoms. The van der Waals surface area contributed by atoms with Gasteiger partial charge in [0.15, 0.2) is 0 Å². The van der Waals surface area contributed by atoms with Gasteiger partial charge in [0.1, 0.15) is 17.5 Å². The van der Waals surface area contributed by atoms with E-state index in [1.54, 1.807) is 12.1 Å². The van der Waals surface area contributed by atoms with Crippen molar-refractivity contribution >= 4 is 11.9 Å². The number of aliphatic hydroxyl groups is 1. The van der Waals surface area contributed by atoms with Gasteiger partial charge in [-0.1, -0.05) is 12.1 Å². The number of guanidine groups is 1. The van der Waals surface area contributed by atoms with Crippen molar-refractivity contribution < 1.29 is 23.1 Å². The molecule has 0 saturated heterocycles. The summed E-state index contributed by atoms with van der Waals surface area (Å²) in [6.45, 7) is 2.07. The number of nitrogens with zero attached hydrogens (tertiary/aromatic N) is 4. The quantitative estimate of drug-likeness (QED) is 0.752. The topological polar surface area (TPSA) is 59.4 Å². The molecule has 1 atom stereocenters. The smallest absolute Gasteiger partial charge is 0.260 e. The molecule has 3 aliphatic rings. The number of hydrogen-bond donors (Lipinski definition) is 1. The van der Waals surface area contributed by atoms with Crippen molar-refractivity contribution in [3.8, 4) is 0 Å². The normalized spacial score (nSPS) is 19.5. The predicted octanol–water partition coefficient (Wildman–Crippen LogP) is 2.81. The Balaban J connectivity index is 1.45. The number of aliphatic imine (C=N–C) groups is 1. The molecule has 2 aromatic rings. The largest absolute Gasteiger partial charge is 0.394 e. The zero-order valence-corrected chi connectivity index (χ0v) is 17.8. The molecule has 0 aliphatic carbocycles. The first kappa shape index (κ1) is 21.7. The zero-order valence-electron chi connectivity index (χ0n) is 17.8. The third-order valence-electron chi connectivity index (χ3n) is 6.30. The molecule has 172 valence electrons. The van der Waals surface area contributed by atoms with Crippen LogP contribution in [0.5, 0.6) is 0 Å². The Morgan fingerprint density at radius 1 is 1.00 bits per heavy atom. The molecule has 9 heteroatoms. The van der Waals surface area contributed by atoms with Crippen LogP contribution in [0, 0.1) is 17.5 Å². The lowest BCUT2D eigenvalue weighted by molar-refractivity contribution is -0.127.